The molecule has 0 aliphatic heterocycles. The number of para-hydroxylation sites is 2. The van der Waals surface area contributed by atoms with Gasteiger partial charge in [0.1, 0.15) is 11.2 Å². The smallest absolute Gasteiger partial charge is 0.143 e. The molecule has 11 rings (SSSR count). The van der Waals surface area contributed by atoms with Gasteiger partial charge in [-0.05, 0) is 76.0 Å². The zero-order valence-electron chi connectivity index (χ0n) is 30.0. The van der Waals surface area contributed by atoms with Crippen LogP contribution in [0.5, 0.6) is 0 Å². The zero-order chi connectivity index (χ0) is 35.8. The Labute approximate surface area is 318 Å². The summed E-state index contributed by atoms with van der Waals surface area (Å²) in [4.78, 5) is 4.07. The average molecular weight is 712 g/mol. The molecular formula is C51H37NOS. The number of nitrogens with zero attached hydrogens (tertiary/aromatic N) is 1. The number of rotatable bonds is 5. The first-order valence-electron chi connectivity index (χ1n) is 19.0. The molecule has 2 atom stereocenters. The molecule has 0 saturated carbocycles. The van der Waals surface area contributed by atoms with Crippen LogP contribution in [0.1, 0.15) is 40.8 Å². The van der Waals surface area contributed by atoms with E-state index in [-0.39, 0.29) is 11.8 Å². The first-order valence-corrected chi connectivity index (χ1v) is 19.8. The van der Waals surface area contributed by atoms with Crippen molar-refractivity contribution >= 4 is 87.9 Å². The summed E-state index contributed by atoms with van der Waals surface area (Å²) >= 11 is 1.96. The highest BCUT2D eigenvalue weighted by molar-refractivity contribution is 7.19. The van der Waals surface area contributed by atoms with Gasteiger partial charge in [-0.3, -0.25) is 0 Å². The molecular weight excluding hydrogens is 675 g/mol. The largest absolute Gasteiger partial charge is 0.455 e. The monoisotopic (exact) mass is 711 g/mol. The normalized spacial score (nSPS) is 17.0. The van der Waals surface area contributed by atoms with Crippen LogP contribution in [0.25, 0.3) is 65.2 Å². The molecule has 0 saturated heterocycles. The summed E-state index contributed by atoms with van der Waals surface area (Å²) in [5.41, 5.74) is 10.5. The second-order valence-electron chi connectivity index (χ2n) is 14.8. The van der Waals surface area contributed by atoms with E-state index in [2.05, 4.69) is 182 Å². The quantitative estimate of drug-likeness (QED) is 0.165. The van der Waals surface area contributed by atoms with Gasteiger partial charge in [-0.25, -0.2) is 0 Å². The highest BCUT2D eigenvalue weighted by Gasteiger charge is 2.32. The van der Waals surface area contributed by atoms with E-state index in [4.69, 9.17) is 4.42 Å². The van der Waals surface area contributed by atoms with Gasteiger partial charge in [0, 0.05) is 59.9 Å². The van der Waals surface area contributed by atoms with Crippen LogP contribution < -0.4 is 4.90 Å². The second-order valence-corrected chi connectivity index (χ2v) is 15.9. The van der Waals surface area contributed by atoms with Gasteiger partial charge in [-0.2, -0.15) is 0 Å². The molecule has 3 heteroatoms. The van der Waals surface area contributed by atoms with E-state index >= 15 is 0 Å². The molecule has 0 radical (unpaired) electrons. The molecule has 2 nitrogen and oxygen atoms in total. The lowest BCUT2D eigenvalue weighted by atomic mass is 9.77. The highest BCUT2D eigenvalue weighted by atomic mass is 32.1. The Balaban J connectivity index is 1.20. The van der Waals surface area contributed by atoms with E-state index < -0.39 is 0 Å². The highest BCUT2D eigenvalue weighted by Crippen LogP contribution is 2.49. The van der Waals surface area contributed by atoms with Gasteiger partial charge in [-0.15, -0.1) is 11.3 Å². The van der Waals surface area contributed by atoms with Crippen LogP contribution in [-0.2, 0) is 6.42 Å². The van der Waals surface area contributed by atoms with Crippen molar-refractivity contribution in [3.05, 3.63) is 191 Å². The van der Waals surface area contributed by atoms with Gasteiger partial charge in [0.05, 0.1) is 5.69 Å². The van der Waals surface area contributed by atoms with Crippen molar-refractivity contribution in [2.75, 3.05) is 4.90 Å². The Morgan fingerprint density at radius 2 is 1.43 bits per heavy atom. The molecule has 2 aliphatic carbocycles. The number of hydrogen-bond donors (Lipinski definition) is 0. The minimum absolute atomic E-state index is 0.137. The maximum absolute atomic E-state index is 6.68. The van der Waals surface area contributed by atoms with Gasteiger partial charge in [0.2, 0.25) is 0 Å². The fourth-order valence-corrected chi connectivity index (χ4v) is 10.3. The molecule has 2 heterocycles. The third kappa shape index (κ3) is 4.92. The first-order chi connectivity index (χ1) is 26.7. The standard InChI is InChI=1S/C51H37NOS/c1-32-45(33-14-3-2-4-15-33)28-35(38-22-13-23-44-41-20-9-11-24-48(41)53-51(38)44)30-46(32)52(36-26-27-43-42-21-10-12-25-49(42)54-50(43)31-36)47-29-34-16-5-6-17-37(34)39-18-7-8-19-40(39)47/h2-11,13-24,26-32,45H,12,25H2,1H3. The Bertz CT molecular complexity index is 3030. The van der Waals surface area contributed by atoms with Crippen LogP contribution in [0.15, 0.2) is 174 Å². The Hall–Kier alpha value is -6.16. The van der Waals surface area contributed by atoms with Crippen molar-refractivity contribution in [3.8, 4) is 0 Å². The van der Waals surface area contributed by atoms with E-state index in [0.29, 0.717) is 0 Å². The number of hydrogen-bond acceptors (Lipinski definition) is 3. The predicted molar refractivity (Wildman–Crippen MR) is 231 cm³/mol. The van der Waals surface area contributed by atoms with Crippen molar-refractivity contribution in [1.29, 1.82) is 0 Å². The number of benzene rings is 7. The van der Waals surface area contributed by atoms with E-state index in [9.17, 15) is 0 Å². The van der Waals surface area contributed by atoms with E-state index in [1.807, 2.05) is 11.3 Å². The molecule has 258 valence electrons. The van der Waals surface area contributed by atoms with E-state index in [1.54, 1.807) is 0 Å². The molecule has 0 fully saturated rings. The number of anilines is 2. The second kappa shape index (κ2) is 12.5. The minimum atomic E-state index is 0.137. The van der Waals surface area contributed by atoms with Gasteiger partial charge in [0.15, 0.2) is 0 Å². The molecule has 0 N–H and O–H groups in total. The van der Waals surface area contributed by atoms with Crippen LogP contribution >= 0.6 is 11.3 Å². The molecule has 9 aromatic rings. The third-order valence-electron chi connectivity index (χ3n) is 11.7. The maximum atomic E-state index is 6.68. The maximum Gasteiger partial charge on any atom is 0.143 e. The van der Waals surface area contributed by atoms with E-state index in [0.717, 1.165) is 40.3 Å². The number of fused-ring (bicyclic) bond motifs is 9. The molecule has 0 bridgehead atoms. The first kappa shape index (κ1) is 31.4. The lowest BCUT2D eigenvalue weighted by Gasteiger charge is -2.38. The van der Waals surface area contributed by atoms with Crippen LogP contribution in [0.4, 0.5) is 11.4 Å². The van der Waals surface area contributed by atoms with Crippen LogP contribution in [0.2, 0.25) is 0 Å². The summed E-state index contributed by atoms with van der Waals surface area (Å²) in [5.74, 6) is 0.296. The molecule has 2 aromatic heterocycles. The fraction of sp³-hybridized carbons (Fsp3) is 0.0980. The van der Waals surface area contributed by atoms with E-state index in [1.165, 1.54) is 70.3 Å². The fourth-order valence-electron chi connectivity index (χ4n) is 9.06. The Morgan fingerprint density at radius 3 is 2.31 bits per heavy atom. The van der Waals surface area contributed by atoms with Gasteiger partial charge >= 0.3 is 0 Å². The molecule has 0 amide bonds. The Kier molecular flexibility index (Phi) is 7.25. The molecule has 54 heavy (non-hydrogen) atoms. The van der Waals surface area contributed by atoms with Gasteiger partial charge in [0.25, 0.3) is 0 Å². The lowest BCUT2D eigenvalue weighted by molar-refractivity contribution is 0.590. The lowest BCUT2D eigenvalue weighted by Crippen LogP contribution is -2.27. The summed E-state index contributed by atoms with van der Waals surface area (Å²) in [7, 11) is 0. The summed E-state index contributed by atoms with van der Waals surface area (Å²) in [6.07, 6.45) is 11.8. The zero-order valence-corrected chi connectivity index (χ0v) is 30.8. The van der Waals surface area contributed by atoms with Crippen molar-refractivity contribution in [3.63, 3.8) is 0 Å². The number of aryl methyl sites for hydroxylation is 1. The average Bonchev–Trinajstić information content (AvgIpc) is 3.80. The van der Waals surface area contributed by atoms with Crippen LogP contribution in [0.3, 0.4) is 0 Å². The van der Waals surface area contributed by atoms with Gasteiger partial charge < -0.3 is 9.32 Å². The van der Waals surface area contributed by atoms with Gasteiger partial charge in [-0.1, -0.05) is 146 Å². The topological polar surface area (TPSA) is 16.4 Å². The van der Waals surface area contributed by atoms with Crippen molar-refractivity contribution in [2.45, 2.75) is 25.7 Å². The minimum Gasteiger partial charge on any atom is -0.455 e. The predicted octanol–water partition coefficient (Wildman–Crippen LogP) is 14.6. The number of furan rings is 1. The summed E-state index contributed by atoms with van der Waals surface area (Å²) < 4.78 is 8.01. The van der Waals surface area contributed by atoms with Crippen molar-refractivity contribution in [2.24, 2.45) is 5.92 Å². The van der Waals surface area contributed by atoms with Crippen molar-refractivity contribution in [1.82, 2.24) is 0 Å². The molecule has 2 aliphatic rings. The third-order valence-corrected chi connectivity index (χ3v) is 12.9. The summed E-state index contributed by atoms with van der Waals surface area (Å²) in [6, 6.07) is 53.3. The molecule has 7 aromatic carbocycles. The number of allylic oxidation sites excluding steroid dienone is 5. The summed E-state index contributed by atoms with van der Waals surface area (Å²) in [5, 5.41) is 8.66. The van der Waals surface area contributed by atoms with Crippen LogP contribution in [-0.4, -0.2) is 0 Å². The molecule has 2 unspecified atom stereocenters. The number of thiophene rings is 1. The Morgan fingerprint density at radius 1 is 0.667 bits per heavy atom. The van der Waals surface area contributed by atoms with Crippen molar-refractivity contribution < 1.29 is 4.42 Å². The molecule has 0 spiro atoms. The SMILES string of the molecule is CC1C(N(c2ccc3c4c(sc3c2)CCC=C4)c2cc3ccccc3c3ccccc23)=CC(c2cccc3c2oc2ccccc23)=CC1c1ccccc1. The van der Waals surface area contributed by atoms with Crippen LogP contribution in [0, 0.1) is 5.92 Å². The summed E-state index contributed by atoms with van der Waals surface area (Å²) in [6.45, 7) is 2.40.